The van der Waals surface area contributed by atoms with Crippen LogP contribution in [0.25, 0.3) is 11.4 Å². The van der Waals surface area contributed by atoms with Gasteiger partial charge in [0.2, 0.25) is 0 Å². The number of hydrogen-bond donors (Lipinski definition) is 0. The van der Waals surface area contributed by atoms with Gasteiger partial charge in [-0.2, -0.15) is 0 Å². The van der Waals surface area contributed by atoms with Crippen molar-refractivity contribution >= 4 is 0 Å². The van der Waals surface area contributed by atoms with Gasteiger partial charge in [0, 0.05) is 44.1 Å². The van der Waals surface area contributed by atoms with E-state index in [9.17, 15) is 8.78 Å². The largest absolute Gasteiger partial charge is 0.285 e. The number of halogens is 2. The summed E-state index contributed by atoms with van der Waals surface area (Å²) < 4.78 is 25.7. The molecule has 1 radical (unpaired) electrons. The average molecular weight is 383 g/mol. The van der Waals surface area contributed by atoms with E-state index < -0.39 is 11.6 Å². The summed E-state index contributed by atoms with van der Waals surface area (Å²) in [6.45, 7) is 0. The van der Waals surface area contributed by atoms with Crippen LogP contribution in [0.5, 0.6) is 0 Å². The van der Waals surface area contributed by atoms with E-state index in [0.29, 0.717) is 0 Å². The van der Waals surface area contributed by atoms with E-state index in [2.05, 4.69) is 16.0 Å². The third-order valence-electron chi connectivity index (χ3n) is 1.65. The van der Waals surface area contributed by atoms with E-state index in [1.165, 1.54) is 12.4 Å². The van der Waals surface area contributed by atoms with Crippen LogP contribution >= 0.6 is 0 Å². The van der Waals surface area contributed by atoms with Crippen LogP contribution in [0.2, 0.25) is 0 Å². The summed E-state index contributed by atoms with van der Waals surface area (Å²) in [6.07, 6.45) is 2.97. The Morgan fingerprint density at radius 2 is 1.80 bits per heavy atom. The minimum absolute atomic E-state index is 0. The summed E-state index contributed by atoms with van der Waals surface area (Å²) >= 11 is 0. The summed E-state index contributed by atoms with van der Waals surface area (Å²) in [4.78, 5) is 7.67. The summed E-state index contributed by atoms with van der Waals surface area (Å²) in [7, 11) is 0. The van der Waals surface area contributed by atoms with Crippen molar-refractivity contribution in [3.8, 4) is 11.4 Å². The standard InChI is InChI=1S/C10H5F2N2.Ir/c11-7-2-3-8(9(12)6-7)10-13-4-1-5-14-10;/h1-2,4-6H;/q-1;. The summed E-state index contributed by atoms with van der Waals surface area (Å²) in [6, 6.07) is 5.89. The van der Waals surface area contributed by atoms with Gasteiger partial charge in [-0.25, -0.2) is 0 Å². The molecule has 15 heavy (non-hydrogen) atoms. The smallest absolute Gasteiger partial charge is 0.0775 e. The molecular weight excluding hydrogens is 378 g/mol. The summed E-state index contributed by atoms with van der Waals surface area (Å²) in [5.74, 6) is -1.18. The maximum atomic E-state index is 13.2. The van der Waals surface area contributed by atoms with Gasteiger partial charge in [0.05, 0.1) is 5.82 Å². The molecule has 1 aromatic heterocycles. The fourth-order valence-corrected chi connectivity index (χ4v) is 1.04. The van der Waals surface area contributed by atoms with Gasteiger partial charge in [0.25, 0.3) is 0 Å². The second-order valence-electron chi connectivity index (χ2n) is 2.61. The first-order chi connectivity index (χ1) is 6.77. The molecule has 0 saturated heterocycles. The topological polar surface area (TPSA) is 25.8 Å². The molecule has 0 N–H and O–H groups in total. The van der Waals surface area contributed by atoms with E-state index >= 15 is 0 Å². The van der Waals surface area contributed by atoms with Gasteiger partial charge >= 0.3 is 0 Å². The molecule has 79 valence electrons. The van der Waals surface area contributed by atoms with Crippen molar-refractivity contribution in [1.82, 2.24) is 9.97 Å². The Balaban J connectivity index is 0.00000112. The molecule has 0 aliphatic carbocycles. The molecule has 0 amide bonds. The Kier molecular flexibility index (Phi) is 4.00. The first kappa shape index (κ1) is 11.9. The number of hydrogen-bond acceptors (Lipinski definition) is 2. The minimum atomic E-state index is -0.712. The van der Waals surface area contributed by atoms with Crippen molar-refractivity contribution in [1.29, 1.82) is 0 Å². The van der Waals surface area contributed by atoms with Gasteiger partial charge < -0.3 is 0 Å². The predicted molar refractivity (Wildman–Crippen MR) is 46.2 cm³/mol. The third-order valence-corrected chi connectivity index (χ3v) is 1.65. The van der Waals surface area contributed by atoms with Gasteiger partial charge in [-0.1, -0.05) is 11.6 Å². The van der Waals surface area contributed by atoms with Crippen LogP contribution in [0, 0.1) is 17.7 Å². The number of aromatic nitrogens is 2. The van der Waals surface area contributed by atoms with E-state index in [1.807, 2.05) is 0 Å². The van der Waals surface area contributed by atoms with Gasteiger partial charge in [-0.05, 0) is 6.07 Å². The monoisotopic (exact) mass is 384 g/mol. The quantitative estimate of drug-likeness (QED) is 0.706. The minimum Gasteiger partial charge on any atom is -0.285 e. The first-order valence-electron chi connectivity index (χ1n) is 3.91. The van der Waals surface area contributed by atoms with Crippen molar-refractivity contribution < 1.29 is 28.9 Å². The molecule has 0 atom stereocenters. The van der Waals surface area contributed by atoms with Crippen LogP contribution in [0.1, 0.15) is 0 Å². The number of nitrogens with zero attached hydrogens (tertiary/aromatic N) is 2. The molecule has 0 aliphatic rings. The van der Waals surface area contributed by atoms with Crippen LogP contribution in [0.3, 0.4) is 0 Å². The fourth-order valence-electron chi connectivity index (χ4n) is 1.04. The molecule has 0 bridgehead atoms. The van der Waals surface area contributed by atoms with Crippen LogP contribution < -0.4 is 0 Å². The molecule has 0 unspecified atom stereocenters. The fraction of sp³-hybridized carbons (Fsp3) is 0. The normalized spacial score (nSPS) is 9.47. The number of benzene rings is 1. The van der Waals surface area contributed by atoms with Crippen LogP contribution in [-0.2, 0) is 20.1 Å². The van der Waals surface area contributed by atoms with Crippen molar-refractivity contribution in [2.24, 2.45) is 0 Å². The van der Waals surface area contributed by atoms with Crippen molar-refractivity contribution in [2.75, 3.05) is 0 Å². The van der Waals surface area contributed by atoms with Gasteiger partial charge in [-0.3, -0.25) is 18.7 Å². The van der Waals surface area contributed by atoms with E-state index in [0.717, 1.165) is 12.1 Å². The zero-order chi connectivity index (χ0) is 9.97. The Morgan fingerprint density at radius 1 is 1.13 bits per heavy atom. The molecular formula is C10H5F2IrN2-. The van der Waals surface area contributed by atoms with Crippen LogP contribution in [-0.4, -0.2) is 9.97 Å². The van der Waals surface area contributed by atoms with Crippen molar-refractivity contribution in [3.05, 3.63) is 48.3 Å². The summed E-state index contributed by atoms with van der Waals surface area (Å²) in [5, 5.41) is 0. The molecule has 0 saturated carbocycles. The molecule has 2 aromatic rings. The number of rotatable bonds is 1. The van der Waals surface area contributed by atoms with Gasteiger partial charge in [-0.15, -0.1) is 12.1 Å². The van der Waals surface area contributed by atoms with E-state index in [-0.39, 0.29) is 31.5 Å². The molecule has 0 aliphatic heterocycles. The van der Waals surface area contributed by atoms with E-state index in [4.69, 9.17) is 0 Å². The van der Waals surface area contributed by atoms with Crippen LogP contribution in [0.15, 0.2) is 30.6 Å². The summed E-state index contributed by atoms with van der Waals surface area (Å²) in [5.41, 5.74) is 0.0759. The Bertz CT molecular complexity index is 448. The molecule has 2 rings (SSSR count). The molecule has 2 nitrogen and oxygen atoms in total. The Labute approximate surface area is 98.7 Å². The first-order valence-corrected chi connectivity index (χ1v) is 3.91. The van der Waals surface area contributed by atoms with E-state index in [1.54, 1.807) is 6.07 Å². The Hall–Kier alpha value is -1.19. The SMILES string of the molecule is Fc1c[c-]c(-c2ncccn2)c(F)c1.[Ir]. The third kappa shape index (κ3) is 2.64. The Morgan fingerprint density at radius 3 is 2.40 bits per heavy atom. The average Bonchev–Trinajstić information content (AvgIpc) is 2.19. The van der Waals surface area contributed by atoms with Gasteiger partial charge in [0.15, 0.2) is 0 Å². The van der Waals surface area contributed by atoms with Crippen LogP contribution in [0.4, 0.5) is 8.78 Å². The van der Waals surface area contributed by atoms with Crippen molar-refractivity contribution in [2.45, 2.75) is 0 Å². The molecule has 1 aromatic carbocycles. The second kappa shape index (κ2) is 5.05. The predicted octanol–water partition coefficient (Wildman–Crippen LogP) is 2.22. The second-order valence-corrected chi connectivity index (χ2v) is 2.61. The maximum absolute atomic E-state index is 13.2. The zero-order valence-electron chi connectivity index (χ0n) is 7.37. The van der Waals surface area contributed by atoms with Crippen molar-refractivity contribution in [3.63, 3.8) is 0 Å². The maximum Gasteiger partial charge on any atom is 0.0775 e. The molecule has 0 fully saturated rings. The molecule has 0 spiro atoms. The zero-order valence-corrected chi connectivity index (χ0v) is 9.77. The molecule has 5 heteroatoms. The van der Waals surface area contributed by atoms with Gasteiger partial charge in [0.1, 0.15) is 0 Å². The molecule has 1 heterocycles.